The molecule has 8 nitrogen and oxygen atoms in total. The lowest BCUT2D eigenvalue weighted by Gasteiger charge is -2.07. The number of carbonyl (C=O) groups is 2. The van der Waals surface area contributed by atoms with Crippen molar-refractivity contribution in [3.63, 3.8) is 0 Å². The lowest BCUT2D eigenvalue weighted by Crippen LogP contribution is -2.02. The number of azo groups is 1. The Kier molecular flexibility index (Phi) is 9.73. The summed E-state index contributed by atoms with van der Waals surface area (Å²) in [5.74, 6) is -1.04. The van der Waals surface area contributed by atoms with Crippen LogP contribution in [0.4, 0.5) is 11.4 Å². The number of anilines is 1. The second-order valence-corrected chi connectivity index (χ2v) is 11.1. The summed E-state index contributed by atoms with van der Waals surface area (Å²) in [4.78, 5) is 24.9. The highest BCUT2D eigenvalue weighted by atomic mass is 35.5. The van der Waals surface area contributed by atoms with Crippen molar-refractivity contribution in [1.29, 1.82) is 0 Å². The molecule has 1 aromatic heterocycles. The van der Waals surface area contributed by atoms with E-state index in [0.717, 1.165) is 47.4 Å². The van der Waals surface area contributed by atoms with Gasteiger partial charge in [-0.15, -0.1) is 22.0 Å². The number of hydrogen-bond acceptors (Lipinski definition) is 6. The number of carboxylic acid groups (broad SMARTS) is 1. The maximum absolute atomic E-state index is 12.9. The number of aromatic carboxylic acids is 1. The minimum Gasteiger partial charge on any atom is -0.493 e. The standard InChI is InChI=1S/C29H28Cl2N4O4S/c1-2-3-4-14-35-23-12-9-19(40-15-13-17-5-7-18(8-6-17)29(38)39)16-20(23)26(28(35)37)33-34-27(36)24-22(32)11-10-21(30)25(24)31/h5-12,16,37H,2-4,13-15,32H2,1H3,(H,38,39). The fourth-order valence-electron chi connectivity index (χ4n) is 4.27. The van der Waals surface area contributed by atoms with Crippen LogP contribution < -0.4 is 5.73 Å². The Labute approximate surface area is 245 Å². The van der Waals surface area contributed by atoms with Crippen molar-refractivity contribution < 1.29 is 19.8 Å². The van der Waals surface area contributed by atoms with Crippen molar-refractivity contribution in [1.82, 2.24) is 4.57 Å². The number of aromatic nitrogens is 1. The molecule has 0 spiro atoms. The number of amides is 1. The van der Waals surface area contributed by atoms with Gasteiger partial charge in [0.1, 0.15) is 0 Å². The number of nitrogens with two attached hydrogens (primary N) is 1. The fourth-order valence-corrected chi connectivity index (χ4v) is 5.62. The number of fused-ring (bicyclic) bond motifs is 1. The molecule has 3 aromatic carbocycles. The van der Waals surface area contributed by atoms with Crippen LogP contribution in [0.1, 0.15) is 52.5 Å². The molecular formula is C29H28Cl2N4O4S. The Morgan fingerprint density at radius 3 is 2.50 bits per heavy atom. The van der Waals surface area contributed by atoms with Gasteiger partial charge in [-0.05, 0) is 60.9 Å². The predicted octanol–water partition coefficient (Wildman–Crippen LogP) is 8.38. The van der Waals surface area contributed by atoms with Crippen molar-refractivity contribution in [2.45, 2.75) is 44.0 Å². The summed E-state index contributed by atoms with van der Waals surface area (Å²) < 4.78 is 1.78. The Balaban J connectivity index is 1.61. The van der Waals surface area contributed by atoms with Gasteiger partial charge in [-0.25, -0.2) is 4.79 Å². The van der Waals surface area contributed by atoms with Crippen LogP contribution in [0.5, 0.6) is 5.88 Å². The molecular weight excluding hydrogens is 571 g/mol. The summed E-state index contributed by atoms with van der Waals surface area (Å²) in [7, 11) is 0. The number of halogens is 2. The molecule has 208 valence electrons. The summed E-state index contributed by atoms with van der Waals surface area (Å²) in [6, 6.07) is 15.6. The van der Waals surface area contributed by atoms with Crippen LogP contribution in [0.25, 0.3) is 10.9 Å². The average Bonchev–Trinajstić information content (AvgIpc) is 3.20. The van der Waals surface area contributed by atoms with Gasteiger partial charge in [0.2, 0.25) is 5.88 Å². The number of benzene rings is 3. The predicted molar refractivity (Wildman–Crippen MR) is 161 cm³/mol. The number of aromatic hydroxyl groups is 1. The Morgan fingerprint density at radius 2 is 1.80 bits per heavy atom. The maximum atomic E-state index is 12.9. The van der Waals surface area contributed by atoms with E-state index >= 15 is 0 Å². The summed E-state index contributed by atoms with van der Waals surface area (Å²) in [6.07, 6.45) is 3.65. The molecule has 1 amide bonds. The van der Waals surface area contributed by atoms with Crippen LogP contribution in [0.2, 0.25) is 10.0 Å². The number of hydrogen-bond donors (Lipinski definition) is 3. The first kappa shape index (κ1) is 29.5. The Hall–Kier alpha value is -3.53. The number of carboxylic acids is 1. The largest absolute Gasteiger partial charge is 0.493 e. The smallest absolute Gasteiger partial charge is 0.335 e. The number of thioether (sulfide) groups is 1. The van der Waals surface area contributed by atoms with Crippen molar-refractivity contribution >= 4 is 69.1 Å². The molecule has 4 rings (SSSR count). The SMILES string of the molecule is CCCCCn1c(O)c(N=NC(=O)c2c(N)ccc(Cl)c2Cl)c2cc(SCCc3ccc(C(=O)O)cc3)ccc21. The highest BCUT2D eigenvalue weighted by molar-refractivity contribution is 7.99. The zero-order valence-electron chi connectivity index (χ0n) is 21.7. The Morgan fingerprint density at radius 1 is 1.05 bits per heavy atom. The quantitative estimate of drug-likeness (QED) is 0.0687. The molecule has 0 bridgehead atoms. The van der Waals surface area contributed by atoms with Gasteiger partial charge in [0.15, 0.2) is 5.69 Å². The fraction of sp³-hybridized carbons (Fsp3) is 0.241. The average molecular weight is 600 g/mol. The number of aryl methyl sites for hydroxylation is 2. The summed E-state index contributed by atoms with van der Waals surface area (Å²) in [5, 5.41) is 29.0. The van der Waals surface area contributed by atoms with Gasteiger partial charge in [-0.3, -0.25) is 4.79 Å². The van der Waals surface area contributed by atoms with Crippen LogP contribution in [-0.4, -0.2) is 32.4 Å². The van der Waals surface area contributed by atoms with Gasteiger partial charge in [0.05, 0.1) is 26.7 Å². The van der Waals surface area contributed by atoms with E-state index in [9.17, 15) is 14.7 Å². The molecule has 1 heterocycles. The first-order valence-corrected chi connectivity index (χ1v) is 14.4. The lowest BCUT2D eigenvalue weighted by atomic mass is 10.1. The third-order valence-electron chi connectivity index (χ3n) is 6.41. The van der Waals surface area contributed by atoms with Gasteiger partial charge in [0.25, 0.3) is 5.91 Å². The lowest BCUT2D eigenvalue weighted by molar-refractivity contribution is 0.0696. The monoisotopic (exact) mass is 598 g/mol. The molecule has 11 heteroatoms. The van der Waals surface area contributed by atoms with Crippen molar-refractivity contribution in [3.05, 3.63) is 81.3 Å². The van der Waals surface area contributed by atoms with Crippen molar-refractivity contribution in [3.8, 4) is 5.88 Å². The van der Waals surface area contributed by atoms with E-state index in [-0.39, 0.29) is 38.4 Å². The minimum absolute atomic E-state index is 0.00637. The third kappa shape index (κ3) is 6.60. The molecule has 0 aliphatic rings. The molecule has 4 aromatic rings. The van der Waals surface area contributed by atoms with Crippen LogP contribution >= 0.6 is 35.0 Å². The molecule has 0 fully saturated rings. The van der Waals surface area contributed by atoms with Gasteiger partial charge in [-0.2, -0.15) is 0 Å². The van der Waals surface area contributed by atoms with Crippen LogP contribution in [0, 0.1) is 0 Å². The van der Waals surface area contributed by atoms with Crippen LogP contribution in [-0.2, 0) is 13.0 Å². The highest BCUT2D eigenvalue weighted by Gasteiger charge is 2.20. The summed E-state index contributed by atoms with van der Waals surface area (Å²) in [6.45, 7) is 2.70. The maximum Gasteiger partial charge on any atom is 0.335 e. The third-order valence-corrected chi connectivity index (χ3v) is 8.21. The van der Waals surface area contributed by atoms with Crippen LogP contribution in [0.3, 0.4) is 0 Å². The molecule has 0 unspecified atom stereocenters. The first-order chi connectivity index (χ1) is 19.2. The molecule has 0 saturated heterocycles. The van der Waals surface area contributed by atoms with Crippen molar-refractivity contribution in [2.24, 2.45) is 10.2 Å². The molecule has 0 radical (unpaired) electrons. The summed E-state index contributed by atoms with van der Waals surface area (Å²) in [5.41, 5.74) is 8.27. The van der Waals surface area contributed by atoms with Gasteiger partial charge in [-0.1, -0.05) is 55.1 Å². The minimum atomic E-state index is -0.951. The van der Waals surface area contributed by atoms with E-state index in [0.29, 0.717) is 11.9 Å². The molecule has 0 aliphatic carbocycles. The normalized spacial score (nSPS) is 11.5. The number of nitrogens with zero attached hydrogens (tertiary/aromatic N) is 3. The summed E-state index contributed by atoms with van der Waals surface area (Å²) >= 11 is 13.9. The van der Waals surface area contributed by atoms with E-state index in [1.165, 1.54) is 12.1 Å². The second kappa shape index (κ2) is 13.2. The zero-order valence-corrected chi connectivity index (χ0v) is 24.1. The van der Waals surface area contributed by atoms with Crippen molar-refractivity contribution in [2.75, 3.05) is 11.5 Å². The molecule has 0 saturated carbocycles. The molecule has 4 N–H and O–H groups in total. The molecule has 40 heavy (non-hydrogen) atoms. The van der Waals surface area contributed by atoms with E-state index in [1.54, 1.807) is 28.5 Å². The van der Waals surface area contributed by atoms with Gasteiger partial charge in [0, 0.05) is 28.3 Å². The van der Waals surface area contributed by atoms with E-state index < -0.39 is 11.9 Å². The topological polar surface area (TPSA) is 130 Å². The molecule has 0 atom stereocenters. The second-order valence-electron chi connectivity index (χ2n) is 9.14. The number of rotatable bonds is 11. The highest BCUT2D eigenvalue weighted by Crippen LogP contribution is 2.41. The number of unbranched alkanes of at least 4 members (excludes halogenated alkanes) is 2. The number of nitrogen functional groups attached to an aromatic ring is 1. The van der Waals surface area contributed by atoms with Gasteiger partial charge >= 0.3 is 5.97 Å². The van der Waals surface area contributed by atoms with Crippen LogP contribution in [0.15, 0.2) is 69.7 Å². The first-order valence-electron chi connectivity index (χ1n) is 12.7. The van der Waals surface area contributed by atoms with E-state index in [4.69, 9.17) is 34.0 Å². The molecule has 0 aliphatic heterocycles. The van der Waals surface area contributed by atoms with E-state index in [2.05, 4.69) is 17.2 Å². The zero-order chi connectivity index (χ0) is 28.8. The Bertz CT molecular complexity index is 1590. The number of carbonyl (C=O) groups excluding carboxylic acids is 1. The van der Waals surface area contributed by atoms with E-state index in [1.807, 2.05) is 30.3 Å². The van der Waals surface area contributed by atoms with Gasteiger partial charge < -0.3 is 20.5 Å².